The molecule has 0 atom stereocenters. The van der Waals surface area contributed by atoms with E-state index < -0.39 is 5.82 Å². The van der Waals surface area contributed by atoms with E-state index in [1.807, 2.05) is 0 Å². The lowest BCUT2D eigenvalue weighted by molar-refractivity contribution is 0.0955. The van der Waals surface area contributed by atoms with Gasteiger partial charge in [-0.25, -0.2) is 9.82 Å². The van der Waals surface area contributed by atoms with Crippen LogP contribution in [0.1, 0.15) is 21.5 Å². The molecule has 0 radical (unpaired) electrons. The molecule has 0 aliphatic rings. The van der Waals surface area contributed by atoms with Crippen LogP contribution in [0.25, 0.3) is 0 Å². The Morgan fingerprint density at radius 3 is 2.43 bits per heavy atom. The zero-order chi connectivity index (χ0) is 19.9. The van der Waals surface area contributed by atoms with Crippen molar-refractivity contribution in [3.05, 3.63) is 99.3 Å². The fourth-order valence-corrected chi connectivity index (χ4v) is 2.65. The minimum Gasteiger partial charge on any atom is -0.489 e. The van der Waals surface area contributed by atoms with E-state index in [1.165, 1.54) is 12.3 Å². The van der Waals surface area contributed by atoms with Crippen molar-refractivity contribution < 1.29 is 13.9 Å². The lowest BCUT2D eigenvalue weighted by Gasteiger charge is -2.08. The maximum Gasteiger partial charge on any atom is 0.271 e. The van der Waals surface area contributed by atoms with Gasteiger partial charge in [-0.05, 0) is 66.2 Å². The Balaban J connectivity index is 1.54. The van der Waals surface area contributed by atoms with Gasteiger partial charge in [-0.15, -0.1) is 0 Å². The minimum absolute atomic E-state index is 0.0239. The molecule has 0 aliphatic heterocycles. The van der Waals surface area contributed by atoms with E-state index in [-0.39, 0.29) is 12.5 Å². The number of hydrogen-bond acceptors (Lipinski definition) is 3. The highest BCUT2D eigenvalue weighted by atomic mass is 35.5. The third-order valence-corrected chi connectivity index (χ3v) is 4.42. The van der Waals surface area contributed by atoms with Gasteiger partial charge in [0, 0.05) is 16.1 Å². The molecule has 142 valence electrons. The van der Waals surface area contributed by atoms with Gasteiger partial charge in [0.15, 0.2) is 0 Å². The molecular weight excluding hydrogens is 402 g/mol. The van der Waals surface area contributed by atoms with Gasteiger partial charge in [-0.1, -0.05) is 29.3 Å². The number of hydrogen-bond donors (Lipinski definition) is 1. The highest BCUT2D eigenvalue weighted by Crippen LogP contribution is 2.21. The highest BCUT2D eigenvalue weighted by Gasteiger charge is 2.07. The molecule has 0 saturated heterocycles. The molecule has 0 saturated carbocycles. The van der Waals surface area contributed by atoms with Gasteiger partial charge in [0.25, 0.3) is 5.91 Å². The molecule has 28 heavy (non-hydrogen) atoms. The molecule has 7 heteroatoms. The highest BCUT2D eigenvalue weighted by molar-refractivity contribution is 6.31. The van der Waals surface area contributed by atoms with Crippen LogP contribution in [-0.2, 0) is 6.61 Å². The summed E-state index contributed by atoms with van der Waals surface area (Å²) < 4.78 is 19.3. The Morgan fingerprint density at radius 2 is 1.75 bits per heavy atom. The van der Waals surface area contributed by atoms with Gasteiger partial charge >= 0.3 is 0 Å². The normalized spacial score (nSPS) is 10.8. The minimum atomic E-state index is -0.410. The predicted octanol–water partition coefficient (Wildman–Crippen LogP) is 5.48. The van der Waals surface area contributed by atoms with Crippen molar-refractivity contribution in [1.29, 1.82) is 0 Å². The molecule has 0 bridgehead atoms. The Kier molecular flexibility index (Phi) is 6.63. The summed E-state index contributed by atoms with van der Waals surface area (Å²) in [5, 5.41) is 4.80. The molecule has 3 aromatic rings. The van der Waals surface area contributed by atoms with Crippen LogP contribution in [-0.4, -0.2) is 12.1 Å². The molecule has 1 N–H and O–H groups in total. The van der Waals surface area contributed by atoms with Crippen molar-refractivity contribution in [2.24, 2.45) is 5.10 Å². The number of carbonyl (C=O) groups excluding carboxylic acids is 1. The third-order valence-electron chi connectivity index (χ3n) is 3.81. The van der Waals surface area contributed by atoms with Crippen molar-refractivity contribution in [2.75, 3.05) is 0 Å². The number of amides is 1. The third kappa shape index (κ3) is 5.31. The van der Waals surface area contributed by atoms with Crippen LogP contribution in [0.4, 0.5) is 4.39 Å². The molecule has 0 spiro atoms. The summed E-state index contributed by atoms with van der Waals surface area (Å²) in [6.45, 7) is 0.0239. The summed E-state index contributed by atoms with van der Waals surface area (Å²) in [5.41, 5.74) is 3.96. The lowest BCUT2D eigenvalue weighted by Crippen LogP contribution is -2.17. The largest absolute Gasteiger partial charge is 0.489 e. The average molecular weight is 417 g/mol. The van der Waals surface area contributed by atoms with Crippen molar-refractivity contribution in [3.8, 4) is 5.75 Å². The topological polar surface area (TPSA) is 50.7 Å². The summed E-state index contributed by atoms with van der Waals surface area (Å²) >= 11 is 11.8. The second-order valence-corrected chi connectivity index (χ2v) is 6.61. The fraction of sp³-hybridized carbons (Fsp3) is 0.0476. The van der Waals surface area contributed by atoms with E-state index in [0.717, 1.165) is 5.56 Å². The number of halogens is 3. The van der Waals surface area contributed by atoms with E-state index in [2.05, 4.69) is 10.5 Å². The van der Waals surface area contributed by atoms with E-state index in [0.29, 0.717) is 26.9 Å². The lowest BCUT2D eigenvalue weighted by atomic mass is 10.2. The maximum absolute atomic E-state index is 13.7. The van der Waals surface area contributed by atoms with E-state index >= 15 is 0 Å². The van der Waals surface area contributed by atoms with Crippen molar-refractivity contribution in [3.63, 3.8) is 0 Å². The van der Waals surface area contributed by atoms with Gasteiger partial charge in [0.2, 0.25) is 0 Å². The summed E-state index contributed by atoms with van der Waals surface area (Å²) in [6.07, 6.45) is 1.51. The number of hydrazone groups is 1. The van der Waals surface area contributed by atoms with Crippen LogP contribution in [0.2, 0.25) is 10.0 Å². The Labute approximate surface area is 171 Å². The zero-order valence-corrected chi connectivity index (χ0v) is 16.0. The molecule has 0 aliphatic carbocycles. The molecule has 0 unspecified atom stereocenters. The summed E-state index contributed by atoms with van der Waals surface area (Å²) in [6, 6.07) is 17.9. The first-order chi connectivity index (χ1) is 13.5. The predicted molar refractivity (Wildman–Crippen MR) is 109 cm³/mol. The summed E-state index contributed by atoms with van der Waals surface area (Å²) in [4.78, 5) is 11.9. The molecule has 0 fully saturated rings. The Hall–Kier alpha value is -2.89. The van der Waals surface area contributed by atoms with Crippen LogP contribution in [0.15, 0.2) is 71.8 Å². The van der Waals surface area contributed by atoms with E-state index in [4.69, 9.17) is 27.9 Å². The molecule has 0 heterocycles. The molecule has 0 aromatic heterocycles. The first kappa shape index (κ1) is 19.9. The van der Waals surface area contributed by atoms with Crippen molar-refractivity contribution >= 4 is 35.3 Å². The Bertz CT molecular complexity index is 970. The van der Waals surface area contributed by atoms with Crippen LogP contribution in [0.3, 0.4) is 0 Å². The van der Waals surface area contributed by atoms with Gasteiger partial charge in [-0.3, -0.25) is 4.79 Å². The van der Waals surface area contributed by atoms with Gasteiger partial charge in [0.1, 0.15) is 18.2 Å². The van der Waals surface area contributed by atoms with Crippen LogP contribution in [0.5, 0.6) is 5.75 Å². The standard InChI is InChI=1S/C21H15Cl2FN2O2/c22-16-8-6-15(7-9-16)21(27)26-25-12-14-4-10-17(11-5-14)28-13-18-19(23)2-1-3-20(18)24/h1-12H,13H2,(H,26,27)/b25-12+. The first-order valence-corrected chi connectivity index (χ1v) is 9.03. The smallest absolute Gasteiger partial charge is 0.271 e. The van der Waals surface area contributed by atoms with Gasteiger partial charge in [0.05, 0.1) is 11.2 Å². The number of benzene rings is 3. The number of carbonyl (C=O) groups is 1. The SMILES string of the molecule is O=C(N/N=C/c1ccc(OCc2c(F)cccc2Cl)cc1)c1ccc(Cl)cc1. The number of nitrogens with one attached hydrogen (secondary N) is 1. The molecule has 1 amide bonds. The van der Waals surface area contributed by atoms with E-state index in [1.54, 1.807) is 60.7 Å². The van der Waals surface area contributed by atoms with Crippen LogP contribution < -0.4 is 10.2 Å². The summed E-state index contributed by atoms with van der Waals surface area (Å²) in [5.74, 6) is -0.191. The molecule has 3 rings (SSSR count). The summed E-state index contributed by atoms with van der Waals surface area (Å²) in [7, 11) is 0. The second-order valence-electron chi connectivity index (χ2n) is 5.76. The number of ether oxygens (including phenoxy) is 1. The Morgan fingerprint density at radius 1 is 1.04 bits per heavy atom. The number of rotatable bonds is 6. The van der Waals surface area contributed by atoms with Gasteiger partial charge < -0.3 is 4.74 Å². The zero-order valence-electron chi connectivity index (χ0n) is 14.5. The van der Waals surface area contributed by atoms with Crippen LogP contribution in [0, 0.1) is 5.82 Å². The van der Waals surface area contributed by atoms with Crippen LogP contribution >= 0.6 is 23.2 Å². The molecular formula is C21H15Cl2FN2O2. The first-order valence-electron chi connectivity index (χ1n) is 8.27. The fourth-order valence-electron chi connectivity index (χ4n) is 2.31. The number of nitrogens with zero attached hydrogens (tertiary/aromatic N) is 1. The molecule has 3 aromatic carbocycles. The van der Waals surface area contributed by atoms with E-state index in [9.17, 15) is 9.18 Å². The van der Waals surface area contributed by atoms with Crippen molar-refractivity contribution in [1.82, 2.24) is 5.43 Å². The quantitative estimate of drug-likeness (QED) is 0.427. The van der Waals surface area contributed by atoms with Crippen molar-refractivity contribution in [2.45, 2.75) is 6.61 Å². The second kappa shape index (κ2) is 9.35. The van der Waals surface area contributed by atoms with Gasteiger partial charge in [-0.2, -0.15) is 5.10 Å². The average Bonchev–Trinajstić information content (AvgIpc) is 2.69. The maximum atomic E-state index is 13.7. The molecule has 4 nitrogen and oxygen atoms in total. The monoisotopic (exact) mass is 416 g/mol.